The van der Waals surface area contributed by atoms with Crippen molar-refractivity contribution in [2.24, 2.45) is 5.41 Å². The third-order valence-electron chi connectivity index (χ3n) is 8.14. The minimum absolute atomic E-state index is 0.101. The van der Waals surface area contributed by atoms with Crippen molar-refractivity contribution in [1.29, 1.82) is 0 Å². The molecule has 5 nitrogen and oxygen atoms in total. The number of hydrogen-bond acceptors (Lipinski definition) is 4. The Balaban J connectivity index is 1.14. The lowest BCUT2D eigenvalue weighted by Crippen LogP contribution is -2.49. The molecule has 1 saturated heterocycles. The fourth-order valence-corrected chi connectivity index (χ4v) is 6.24. The molecule has 0 bridgehead atoms. The minimum Gasteiger partial charge on any atom is -0.368 e. The number of rotatable bonds is 3. The molecule has 1 aromatic carbocycles. The number of halogens is 1. The molecule has 0 unspecified atom stereocenters. The van der Waals surface area contributed by atoms with E-state index in [0.717, 1.165) is 79.7 Å². The fraction of sp³-hybridized carbons (Fsp3) is 0.538. The molecule has 3 aliphatic carbocycles. The number of H-pyrrole nitrogens is 1. The summed E-state index contributed by atoms with van der Waals surface area (Å²) in [6.45, 7) is 6.09. The van der Waals surface area contributed by atoms with Gasteiger partial charge in [-0.3, -0.25) is 9.69 Å². The Morgan fingerprint density at radius 3 is 2.69 bits per heavy atom. The molecule has 2 aromatic rings. The number of hydrogen-bond donors (Lipinski definition) is 1. The largest absolute Gasteiger partial charge is 0.368 e. The van der Waals surface area contributed by atoms with Gasteiger partial charge in [0.05, 0.1) is 16.4 Å². The van der Waals surface area contributed by atoms with Crippen LogP contribution in [0.1, 0.15) is 54.7 Å². The maximum absolute atomic E-state index is 12.8. The molecule has 0 radical (unpaired) electrons. The van der Waals surface area contributed by atoms with E-state index >= 15 is 0 Å². The summed E-state index contributed by atoms with van der Waals surface area (Å²) in [5.41, 5.74) is 6.10. The van der Waals surface area contributed by atoms with Gasteiger partial charge >= 0.3 is 0 Å². The first-order valence-electron chi connectivity index (χ1n) is 12.1. The highest BCUT2D eigenvalue weighted by Crippen LogP contribution is 2.53. The molecule has 2 heterocycles. The molecule has 4 aliphatic rings. The first-order chi connectivity index (χ1) is 15.5. The van der Waals surface area contributed by atoms with Crippen molar-refractivity contribution in [3.05, 3.63) is 62.3 Å². The van der Waals surface area contributed by atoms with Crippen LogP contribution in [0, 0.1) is 12.3 Å². The molecule has 168 valence electrons. The van der Waals surface area contributed by atoms with Crippen molar-refractivity contribution in [2.75, 3.05) is 31.1 Å². The number of anilines is 1. The van der Waals surface area contributed by atoms with Crippen LogP contribution in [0.5, 0.6) is 0 Å². The van der Waals surface area contributed by atoms with Crippen LogP contribution in [-0.4, -0.2) is 47.1 Å². The molecule has 6 rings (SSSR count). The first-order valence-corrected chi connectivity index (χ1v) is 12.5. The molecular formula is C26H31ClN4O. The zero-order chi connectivity index (χ0) is 21.9. The van der Waals surface area contributed by atoms with E-state index in [2.05, 4.69) is 39.9 Å². The highest BCUT2D eigenvalue weighted by molar-refractivity contribution is 6.33. The topological polar surface area (TPSA) is 52.2 Å². The molecule has 1 N–H and O–H groups in total. The van der Waals surface area contributed by atoms with Crippen molar-refractivity contribution in [3.63, 3.8) is 0 Å². The van der Waals surface area contributed by atoms with Crippen LogP contribution in [0.25, 0.3) is 5.57 Å². The molecule has 1 atom stereocenters. The third kappa shape index (κ3) is 3.69. The standard InChI is InChI=1S/C26H31ClN4O/c1-17-2-5-23(21(27)14-17)31-12-10-30(11-13-31)19-4-3-18(15-19)24-28-22-6-7-26(8-9-26)16-20(22)25(32)29-24/h2,5,14-15,19H,3-4,6-13,16H2,1H3,(H,28,29,32)/t19-/m1/s1. The average Bonchev–Trinajstić information content (AvgIpc) is 3.35. The summed E-state index contributed by atoms with van der Waals surface area (Å²) < 4.78 is 0. The summed E-state index contributed by atoms with van der Waals surface area (Å²) in [6, 6.07) is 6.75. The van der Waals surface area contributed by atoms with E-state index < -0.39 is 0 Å². The van der Waals surface area contributed by atoms with Crippen LogP contribution in [-0.2, 0) is 12.8 Å². The Labute approximate surface area is 194 Å². The maximum Gasteiger partial charge on any atom is 0.254 e. The van der Waals surface area contributed by atoms with Gasteiger partial charge in [0.2, 0.25) is 0 Å². The van der Waals surface area contributed by atoms with Crippen LogP contribution in [0.2, 0.25) is 5.02 Å². The molecule has 0 amide bonds. The van der Waals surface area contributed by atoms with Gasteiger partial charge in [-0.1, -0.05) is 23.7 Å². The number of aryl methyl sites for hydroxylation is 2. The van der Waals surface area contributed by atoms with Crippen LogP contribution in [0.3, 0.4) is 0 Å². The third-order valence-corrected chi connectivity index (χ3v) is 8.44. The summed E-state index contributed by atoms with van der Waals surface area (Å²) in [6.07, 6.45) is 10.1. The molecule has 1 aromatic heterocycles. The number of nitrogens with zero attached hydrogens (tertiary/aromatic N) is 3. The lowest BCUT2D eigenvalue weighted by atomic mass is 9.84. The molecule has 1 aliphatic heterocycles. The summed E-state index contributed by atoms with van der Waals surface area (Å²) >= 11 is 6.49. The average molecular weight is 451 g/mol. The summed E-state index contributed by atoms with van der Waals surface area (Å²) in [5.74, 6) is 0.813. The van der Waals surface area contributed by atoms with Crippen LogP contribution >= 0.6 is 11.6 Å². The van der Waals surface area contributed by atoms with Crippen molar-refractivity contribution in [2.45, 2.75) is 57.9 Å². The van der Waals surface area contributed by atoms with Crippen molar-refractivity contribution < 1.29 is 0 Å². The van der Waals surface area contributed by atoms with E-state index in [4.69, 9.17) is 16.6 Å². The Morgan fingerprint density at radius 2 is 1.94 bits per heavy atom. The van der Waals surface area contributed by atoms with Crippen molar-refractivity contribution in [3.8, 4) is 0 Å². The lowest BCUT2D eigenvalue weighted by Gasteiger charge is -2.39. The number of aromatic amines is 1. The smallest absolute Gasteiger partial charge is 0.254 e. The van der Waals surface area contributed by atoms with Gasteiger partial charge in [-0.15, -0.1) is 0 Å². The highest BCUT2D eigenvalue weighted by atomic mass is 35.5. The van der Waals surface area contributed by atoms with E-state index in [9.17, 15) is 4.79 Å². The number of piperazine rings is 1. The second-order valence-corrected chi connectivity index (χ2v) is 10.7. The van der Waals surface area contributed by atoms with E-state index in [1.807, 2.05) is 6.07 Å². The van der Waals surface area contributed by atoms with Gasteiger partial charge in [0.25, 0.3) is 5.56 Å². The zero-order valence-corrected chi connectivity index (χ0v) is 19.5. The van der Waals surface area contributed by atoms with Gasteiger partial charge in [-0.05, 0) is 80.6 Å². The molecule has 32 heavy (non-hydrogen) atoms. The predicted octanol–water partition coefficient (Wildman–Crippen LogP) is 4.37. The zero-order valence-electron chi connectivity index (χ0n) is 18.8. The maximum atomic E-state index is 12.8. The summed E-state index contributed by atoms with van der Waals surface area (Å²) in [5, 5.41) is 0.844. The Bertz CT molecular complexity index is 1140. The minimum atomic E-state index is 0.101. The number of benzene rings is 1. The van der Waals surface area contributed by atoms with Crippen molar-refractivity contribution >= 4 is 22.9 Å². The fourth-order valence-electron chi connectivity index (χ4n) is 5.89. The van der Waals surface area contributed by atoms with E-state index in [0.29, 0.717) is 11.5 Å². The molecule has 1 spiro atoms. The Hall–Kier alpha value is -2.11. The van der Waals surface area contributed by atoms with Gasteiger partial charge in [-0.2, -0.15) is 0 Å². The van der Waals surface area contributed by atoms with Crippen molar-refractivity contribution in [1.82, 2.24) is 14.9 Å². The number of fused-ring (bicyclic) bond motifs is 1. The number of nitrogens with one attached hydrogen (secondary N) is 1. The number of allylic oxidation sites excluding steroid dienone is 1. The monoisotopic (exact) mass is 450 g/mol. The van der Waals surface area contributed by atoms with Gasteiger partial charge in [0.15, 0.2) is 0 Å². The van der Waals surface area contributed by atoms with Gasteiger partial charge in [0, 0.05) is 37.8 Å². The quantitative estimate of drug-likeness (QED) is 0.754. The lowest BCUT2D eigenvalue weighted by molar-refractivity contribution is 0.214. The number of aromatic nitrogens is 2. The van der Waals surface area contributed by atoms with Gasteiger partial charge in [0.1, 0.15) is 5.82 Å². The highest BCUT2D eigenvalue weighted by Gasteiger charge is 2.45. The van der Waals surface area contributed by atoms with Crippen LogP contribution in [0.4, 0.5) is 5.69 Å². The predicted molar refractivity (Wildman–Crippen MR) is 130 cm³/mol. The van der Waals surface area contributed by atoms with Gasteiger partial charge < -0.3 is 9.88 Å². The SMILES string of the molecule is Cc1ccc(N2CCN([C@H]3C=C(c4nc5c(c(=O)[nH]4)CC4(CC5)CC4)CC3)CC2)c(Cl)c1. The van der Waals surface area contributed by atoms with E-state index in [1.54, 1.807) is 0 Å². The van der Waals surface area contributed by atoms with Crippen LogP contribution in [0.15, 0.2) is 29.1 Å². The second kappa shape index (κ2) is 7.74. The summed E-state index contributed by atoms with van der Waals surface area (Å²) in [7, 11) is 0. The molecule has 1 saturated carbocycles. The second-order valence-electron chi connectivity index (χ2n) is 10.3. The van der Waals surface area contributed by atoms with Crippen LogP contribution < -0.4 is 10.5 Å². The van der Waals surface area contributed by atoms with Gasteiger partial charge in [-0.25, -0.2) is 4.98 Å². The molecule has 6 heteroatoms. The Kier molecular flexibility index (Phi) is 4.96. The Morgan fingerprint density at radius 1 is 1.12 bits per heavy atom. The summed E-state index contributed by atoms with van der Waals surface area (Å²) in [4.78, 5) is 25.8. The molecule has 2 fully saturated rings. The van der Waals surface area contributed by atoms with E-state index in [-0.39, 0.29) is 5.56 Å². The van der Waals surface area contributed by atoms with E-state index in [1.165, 1.54) is 30.4 Å². The molecular weight excluding hydrogens is 420 g/mol. The normalized spacial score (nSPS) is 24.5. The first kappa shape index (κ1) is 20.5.